The number of Topliss-reactive ketones (excluding diaryl/α,β-unsaturated/α-hetero) is 1. The maximum atomic E-state index is 12.7. The Hall–Kier alpha value is -1.50. The van der Waals surface area contributed by atoms with Crippen LogP contribution < -0.4 is 32.5 Å². The van der Waals surface area contributed by atoms with Gasteiger partial charge in [0.2, 0.25) is 0 Å². The molecule has 1 aromatic carbocycles. The molecule has 1 saturated carbocycles. The van der Waals surface area contributed by atoms with Crippen LogP contribution in [0.4, 0.5) is 5.69 Å². The summed E-state index contributed by atoms with van der Waals surface area (Å²) in [6, 6.07) is 1.83. The second-order valence-electron chi connectivity index (χ2n) is 7.81. The number of quaternary nitrogens is 1. The molecule has 2 heterocycles. The third-order valence-electron chi connectivity index (χ3n) is 7.05. The van der Waals surface area contributed by atoms with Gasteiger partial charge in [-0.3, -0.25) is 4.79 Å². The number of benzene rings is 1. The molecule has 5 atom stereocenters. The van der Waals surface area contributed by atoms with Crippen molar-refractivity contribution in [1.29, 1.82) is 0 Å². The fourth-order valence-corrected chi connectivity index (χ4v) is 5.94. The van der Waals surface area contributed by atoms with Gasteiger partial charge < -0.3 is 37.6 Å². The van der Waals surface area contributed by atoms with E-state index in [-0.39, 0.29) is 24.2 Å². The third kappa shape index (κ3) is 1.66. The number of aliphatic hydroxyl groups is 1. The van der Waals surface area contributed by atoms with Crippen molar-refractivity contribution in [1.82, 2.24) is 0 Å². The molecule has 6 nitrogen and oxygen atoms in total. The van der Waals surface area contributed by atoms with Gasteiger partial charge in [0, 0.05) is 36.6 Å². The Kier molecular flexibility index (Phi) is 3.40. The van der Waals surface area contributed by atoms with Crippen molar-refractivity contribution >= 4 is 11.5 Å². The number of hydrogen-bond acceptors (Lipinski definition) is 5. The van der Waals surface area contributed by atoms with Crippen LogP contribution in [0.5, 0.6) is 11.5 Å². The number of nitrogen functional groups attached to an aromatic ring is 1. The molecule has 2 aliphatic carbocycles. The number of anilines is 1. The number of piperidine rings is 1. The maximum absolute atomic E-state index is 12.7. The van der Waals surface area contributed by atoms with Crippen molar-refractivity contribution in [2.24, 2.45) is 0 Å². The number of halogens is 1. The van der Waals surface area contributed by atoms with Gasteiger partial charge in [0.15, 0.2) is 23.4 Å². The molecule has 0 radical (unpaired) electrons. The highest BCUT2D eigenvalue weighted by molar-refractivity contribution is 5.90. The number of nitrogens with one attached hydrogen (secondary N) is 1. The first-order valence-electron chi connectivity index (χ1n) is 8.68. The molecule has 2 bridgehead atoms. The smallest absolute Gasteiger partial charge is 0.174 e. The Bertz CT molecular complexity index is 785. The van der Waals surface area contributed by atoms with Crippen LogP contribution in [0.3, 0.4) is 0 Å². The summed E-state index contributed by atoms with van der Waals surface area (Å²) >= 11 is 0. The van der Waals surface area contributed by atoms with E-state index in [0.717, 1.165) is 24.1 Å². The lowest BCUT2D eigenvalue weighted by Crippen LogP contribution is -3.19. The van der Waals surface area contributed by atoms with Crippen LogP contribution in [-0.4, -0.2) is 49.3 Å². The molecule has 25 heavy (non-hydrogen) atoms. The first-order valence-corrected chi connectivity index (χ1v) is 8.68. The molecule has 7 heteroatoms. The minimum Gasteiger partial charge on any atom is -1.00 e. The van der Waals surface area contributed by atoms with E-state index in [4.69, 9.17) is 15.2 Å². The fourth-order valence-electron chi connectivity index (χ4n) is 5.94. The van der Waals surface area contributed by atoms with Crippen molar-refractivity contribution in [3.8, 4) is 11.5 Å². The minimum absolute atomic E-state index is 0. The Balaban J connectivity index is 0.00000157. The number of carbonyl (C=O) groups excluding carboxylic acids is 1. The van der Waals surface area contributed by atoms with Crippen molar-refractivity contribution in [3.05, 3.63) is 17.2 Å². The molecule has 2 aliphatic heterocycles. The molecule has 2 unspecified atom stereocenters. The Labute approximate surface area is 152 Å². The molecule has 4 N–H and O–H groups in total. The SMILES string of the molecule is COc1cc(N)c2c3c1O[C@H]1C(=O)CC[C@@]4(O)C(C2)[NH+](C)CC[C@]314.[Cl-]. The molecule has 2 fully saturated rings. The van der Waals surface area contributed by atoms with Gasteiger partial charge in [-0.25, -0.2) is 0 Å². The number of carbonyl (C=O) groups is 1. The number of nitrogens with two attached hydrogens (primary N) is 1. The van der Waals surface area contributed by atoms with Crippen LogP contribution in [0.1, 0.15) is 30.4 Å². The Morgan fingerprint density at radius 1 is 1.44 bits per heavy atom. The highest BCUT2D eigenvalue weighted by Crippen LogP contribution is 2.63. The molecular weight excluding hydrogens is 344 g/mol. The number of rotatable bonds is 1. The Morgan fingerprint density at radius 3 is 2.92 bits per heavy atom. The van der Waals surface area contributed by atoms with Crippen molar-refractivity contribution in [3.63, 3.8) is 0 Å². The van der Waals surface area contributed by atoms with Gasteiger partial charge in [0.1, 0.15) is 11.6 Å². The van der Waals surface area contributed by atoms with Gasteiger partial charge >= 0.3 is 0 Å². The highest BCUT2D eigenvalue weighted by atomic mass is 35.5. The number of ketones is 1. The molecule has 136 valence electrons. The van der Waals surface area contributed by atoms with E-state index in [1.165, 1.54) is 4.90 Å². The summed E-state index contributed by atoms with van der Waals surface area (Å²) in [7, 11) is 3.71. The molecule has 0 aromatic heterocycles. The van der Waals surface area contributed by atoms with E-state index < -0.39 is 17.1 Å². The van der Waals surface area contributed by atoms with E-state index in [9.17, 15) is 9.90 Å². The highest BCUT2D eigenvalue weighted by Gasteiger charge is 2.74. The van der Waals surface area contributed by atoms with E-state index in [2.05, 4.69) is 7.05 Å². The van der Waals surface area contributed by atoms with Gasteiger partial charge in [0.25, 0.3) is 0 Å². The topological polar surface area (TPSA) is 86.2 Å². The third-order valence-corrected chi connectivity index (χ3v) is 7.05. The van der Waals surface area contributed by atoms with Gasteiger partial charge in [-0.1, -0.05) is 0 Å². The van der Waals surface area contributed by atoms with Crippen LogP contribution in [0.25, 0.3) is 0 Å². The average Bonchev–Trinajstić information content (AvgIpc) is 2.90. The summed E-state index contributed by atoms with van der Waals surface area (Å²) < 4.78 is 11.6. The molecular formula is C18H23ClN2O4. The average molecular weight is 367 g/mol. The summed E-state index contributed by atoms with van der Waals surface area (Å²) in [5, 5.41) is 11.8. The van der Waals surface area contributed by atoms with Crippen molar-refractivity contribution < 1.29 is 36.7 Å². The van der Waals surface area contributed by atoms with Crippen LogP contribution in [0.2, 0.25) is 0 Å². The standard InChI is InChI=1S/C18H22N2O4.ClH/c1-20-6-5-17-14-9-7-13(20)18(17,22)4-3-11(21)16(17)24-15(14)12(23-2)8-10(9)19;/h8,13,16,22H,3-7,19H2,1-2H3;1H/t13?,16-,17-,18+;/m0./s1. The van der Waals surface area contributed by atoms with Gasteiger partial charge in [-0.2, -0.15) is 0 Å². The van der Waals surface area contributed by atoms with Crippen molar-refractivity contribution in [2.45, 2.75) is 48.8 Å². The monoisotopic (exact) mass is 366 g/mol. The summed E-state index contributed by atoms with van der Waals surface area (Å²) in [5.41, 5.74) is 7.41. The molecule has 1 spiro atoms. The van der Waals surface area contributed by atoms with Gasteiger partial charge in [-0.15, -0.1) is 0 Å². The molecule has 0 amide bonds. The zero-order chi connectivity index (χ0) is 16.9. The zero-order valence-corrected chi connectivity index (χ0v) is 15.2. The number of ether oxygens (including phenoxy) is 2. The molecule has 4 aliphatic rings. The van der Waals surface area contributed by atoms with Crippen LogP contribution in [0, 0.1) is 0 Å². The fraction of sp³-hybridized carbons (Fsp3) is 0.611. The number of likely N-dealkylation sites (tertiary alicyclic amines) is 1. The second-order valence-corrected chi connectivity index (χ2v) is 7.81. The van der Waals surface area contributed by atoms with E-state index >= 15 is 0 Å². The summed E-state index contributed by atoms with van der Waals surface area (Å²) in [4.78, 5) is 14.0. The van der Waals surface area contributed by atoms with E-state index in [1.54, 1.807) is 13.2 Å². The van der Waals surface area contributed by atoms with E-state index in [0.29, 0.717) is 36.4 Å². The lowest BCUT2D eigenvalue weighted by Gasteiger charge is -2.59. The predicted octanol–water partition coefficient (Wildman–Crippen LogP) is -3.78. The minimum atomic E-state index is -0.926. The number of likely N-dealkylation sites (N-methyl/N-ethyl adjacent to an activating group) is 1. The van der Waals surface area contributed by atoms with Gasteiger partial charge in [0.05, 0.1) is 26.1 Å². The predicted molar refractivity (Wildman–Crippen MR) is 86.6 cm³/mol. The second kappa shape index (κ2) is 5.02. The lowest BCUT2D eigenvalue weighted by atomic mass is 9.49. The lowest BCUT2D eigenvalue weighted by molar-refractivity contribution is -0.923. The Morgan fingerprint density at radius 2 is 2.20 bits per heavy atom. The van der Waals surface area contributed by atoms with Gasteiger partial charge in [-0.05, 0) is 12.0 Å². The summed E-state index contributed by atoms with van der Waals surface area (Å²) in [6.45, 7) is 0.913. The molecule has 1 aromatic rings. The van der Waals surface area contributed by atoms with Crippen molar-refractivity contribution in [2.75, 3.05) is 26.4 Å². The van der Waals surface area contributed by atoms with Crippen LogP contribution in [0.15, 0.2) is 6.07 Å². The normalized spacial score (nSPS) is 40.0. The zero-order valence-electron chi connectivity index (χ0n) is 14.4. The largest absolute Gasteiger partial charge is 1.00 e. The van der Waals surface area contributed by atoms with Crippen LogP contribution in [-0.2, 0) is 16.6 Å². The first-order chi connectivity index (χ1) is 11.4. The number of methoxy groups -OCH3 is 1. The number of hydrogen-bond donors (Lipinski definition) is 3. The maximum Gasteiger partial charge on any atom is 0.174 e. The van der Waals surface area contributed by atoms with E-state index in [1.807, 2.05) is 0 Å². The molecule has 5 rings (SSSR count). The molecule has 1 saturated heterocycles. The van der Waals surface area contributed by atoms with Crippen LogP contribution >= 0.6 is 0 Å². The quantitative estimate of drug-likeness (QED) is 0.444. The summed E-state index contributed by atoms with van der Waals surface area (Å²) in [5.74, 6) is 1.27. The first kappa shape index (κ1) is 16.9. The summed E-state index contributed by atoms with van der Waals surface area (Å²) in [6.07, 6.45) is 1.70.